The van der Waals surface area contributed by atoms with Crippen LogP contribution < -0.4 is 4.74 Å². The van der Waals surface area contributed by atoms with Crippen LogP contribution in [0.3, 0.4) is 0 Å². The van der Waals surface area contributed by atoms with E-state index in [0.717, 1.165) is 23.0 Å². The van der Waals surface area contributed by atoms with E-state index in [1.54, 1.807) is 19.3 Å². The standard InChI is InChI=1S/C15H18N2O3/c1-17(9-3-8-16)11-13-10-12(5-7-15(18)19)4-6-14(13)20-2/h4-7,10H,3,9,11H2,1-2H3,(H,18,19). The Hall–Kier alpha value is -2.32. The van der Waals surface area contributed by atoms with Gasteiger partial charge in [-0.3, -0.25) is 0 Å². The zero-order valence-corrected chi connectivity index (χ0v) is 11.7. The molecule has 1 N–H and O–H groups in total. The predicted molar refractivity (Wildman–Crippen MR) is 76.2 cm³/mol. The molecule has 0 radical (unpaired) electrons. The third-order valence-electron chi connectivity index (χ3n) is 2.77. The molecule has 106 valence electrons. The summed E-state index contributed by atoms with van der Waals surface area (Å²) < 4.78 is 5.30. The normalized spacial score (nSPS) is 10.7. The molecule has 0 fully saturated rings. The Bertz CT molecular complexity index is 532. The summed E-state index contributed by atoms with van der Waals surface area (Å²) in [5.41, 5.74) is 1.76. The molecule has 0 amide bonds. The predicted octanol–water partition coefficient (Wildman–Crippen LogP) is 2.14. The lowest BCUT2D eigenvalue weighted by molar-refractivity contribution is -0.131. The maximum absolute atomic E-state index is 10.5. The van der Waals surface area contributed by atoms with E-state index in [9.17, 15) is 4.79 Å². The van der Waals surface area contributed by atoms with Gasteiger partial charge in [0.2, 0.25) is 0 Å². The fraction of sp³-hybridized carbons (Fsp3) is 0.333. The van der Waals surface area contributed by atoms with Crippen LogP contribution in [-0.4, -0.2) is 36.7 Å². The first-order valence-corrected chi connectivity index (χ1v) is 6.20. The molecule has 0 aromatic heterocycles. The topological polar surface area (TPSA) is 73.6 Å². The minimum Gasteiger partial charge on any atom is -0.496 e. The number of carbonyl (C=O) groups is 1. The Labute approximate surface area is 118 Å². The molecule has 0 aliphatic carbocycles. The Kier molecular flexibility index (Phi) is 6.27. The number of hydrogen-bond donors (Lipinski definition) is 1. The van der Waals surface area contributed by atoms with E-state index in [2.05, 4.69) is 6.07 Å². The van der Waals surface area contributed by atoms with E-state index in [-0.39, 0.29) is 0 Å². The molecule has 5 heteroatoms. The second kappa shape index (κ2) is 7.97. The van der Waals surface area contributed by atoms with Crippen molar-refractivity contribution in [3.8, 4) is 11.8 Å². The lowest BCUT2D eigenvalue weighted by atomic mass is 10.1. The highest BCUT2D eigenvalue weighted by Crippen LogP contribution is 2.22. The zero-order valence-electron chi connectivity index (χ0n) is 11.7. The van der Waals surface area contributed by atoms with Crippen molar-refractivity contribution in [2.24, 2.45) is 0 Å². The summed E-state index contributed by atoms with van der Waals surface area (Å²) in [6.45, 7) is 1.31. The molecule has 0 heterocycles. The molecule has 0 unspecified atom stereocenters. The third kappa shape index (κ3) is 5.12. The second-order valence-electron chi connectivity index (χ2n) is 4.39. The highest BCUT2D eigenvalue weighted by atomic mass is 16.5. The molecule has 0 aliphatic rings. The van der Waals surface area contributed by atoms with E-state index in [1.165, 1.54) is 0 Å². The molecule has 0 atom stereocenters. The van der Waals surface area contributed by atoms with Crippen LogP contribution >= 0.6 is 0 Å². The summed E-state index contributed by atoms with van der Waals surface area (Å²) in [6, 6.07) is 7.61. The van der Waals surface area contributed by atoms with Crippen LogP contribution in [0, 0.1) is 11.3 Å². The van der Waals surface area contributed by atoms with Gasteiger partial charge in [-0.2, -0.15) is 5.26 Å². The van der Waals surface area contributed by atoms with Crippen molar-refractivity contribution < 1.29 is 14.6 Å². The van der Waals surface area contributed by atoms with Gasteiger partial charge in [0.25, 0.3) is 0 Å². The van der Waals surface area contributed by atoms with Gasteiger partial charge in [0, 0.05) is 31.1 Å². The summed E-state index contributed by atoms with van der Waals surface area (Å²) in [5.74, 6) is -0.227. The van der Waals surface area contributed by atoms with Crippen molar-refractivity contribution in [2.75, 3.05) is 20.7 Å². The fourth-order valence-electron chi connectivity index (χ4n) is 1.80. The molecule has 5 nitrogen and oxygen atoms in total. The highest BCUT2D eigenvalue weighted by Gasteiger charge is 2.07. The fourth-order valence-corrected chi connectivity index (χ4v) is 1.80. The highest BCUT2D eigenvalue weighted by molar-refractivity contribution is 5.85. The number of rotatable bonds is 7. The minimum atomic E-state index is -0.978. The van der Waals surface area contributed by atoms with Crippen LogP contribution in [0.25, 0.3) is 6.08 Å². The molecule has 20 heavy (non-hydrogen) atoms. The van der Waals surface area contributed by atoms with Gasteiger partial charge in [-0.05, 0) is 30.8 Å². The van der Waals surface area contributed by atoms with Crippen LogP contribution in [0.4, 0.5) is 0 Å². The molecular formula is C15H18N2O3. The van der Waals surface area contributed by atoms with E-state index in [0.29, 0.717) is 19.5 Å². The summed E-state index contributed by atoms with van der Waals surface area (Å²) >= 11 is 0. The van der Waals surface area contributed by atoms with Gasteiger partial charge >= 0.3 is 5.97 Å². The summed E-state index contributed by atoms with van der Waals surface area (Å²) in [4.78, 5) is 12.5. The van der Waals surface area contributed by atoms with E-state index < -0.39 is 5.97 Å². The van der Waals surface area contributed by atoms with Crippen molar-refractivity contribution in [1.29, 1.82) is 5.26 Å². The maximum Gasteiger partial charge on any atom is 0.328 e. The van der Waals surface area contributed by atoms with E-state index in [4.69, 9.17) is 15.1 Å². The average molecular weight is 274 g/mol. The first-order chi connectivity index (χ1) is 9.56. The zero-order chi connectivity index (χ0) is 15.0. The monoisotopic (exact) mass is 274 g/mol. The van der Waals surface area contributed by atoms with Gasteiger partial charge < -0.3 is 14.7 Å². The number of nitriles is 1. The van der Waals surface area contributed by atoms with Crippen LogP contribution in [-0.2, 0) is 11.3 Å². The van der Waals surface area contributed by atoms with Crippen LogP contribution in [0.2, 0.25) is 0 Å². The second-order valence-corrected chi connectivity index (χ2v) is 4.39. The molecular weight excluding hydrogens is 256 g/mol. The number of nitrogens with zero attached hydrogens (tertiary/aromatic N) is 2. The van der Waals surface area contributed by atoms with E-state index in [1.807, 2.05) is 24.1 Å². The Balaban J connectivity index is 2.88. The summed E-state index contributed by atoms with van der Waals surface area (Å²) in [5, 5.41) is 17.2. The average Bonchev–Trinajstić information content (AvgIpc) is 2.43. The molecule has 1 aromatic rings. The molecule has 0 bridgehead atoms. The largest absolute Gasteiger partial charge is 0.496 e. The molecule has 1 rings (SSSR count). The van der Waals surface area contributed by atoms with Crippen molar-refractivity contribution in [2.45, 2.75) is 13.0 Å². The molecule has 0 spiro atoms. The number of carboxylic acids is 1. The van der Waals surface area contributed by atoms with Crippen molar-refractivity contribution in [1.82, 2.24) is 4.90 Å². The van der Waals surface area contributed by atoms with Crippen molar-refractivity contribution in [3.05, 3.63) is 35.4 Å². The quantitative estimate of drug-likeness (QED) is 0.771. The summed E-state index contributed by atoms with van der Waals surface area (Å²) in [7, 11) is 3.53. The number of ether oxygens (including phenoxy) is 1. The van der Waals surface area contributed by atoms with Gasteiger partial charge in [-0.1, -0.05) is 6.07 Å². The SMILES string of the molecule is COc1ccc(C=CC(=O)O)cc1CN(C)CCC#N. The molecule has 0 saturated carbocycles. The molecule has 1 aromatic carbocycles. The van der Waals surface area contributed by atoms with Crippen LogP contribution in [0.1, 0.15) is 17.5 Å². The van der Waals surface area contributed by atoms with Crippen LogP contribution in [0.5, 0.6) is 5.75 Å². The smallest absolute Gasteiger partial charge is 0.328 e. The first-order valence-electron chi connectivity index (χ1n) is 6.20. The summed E-state index contributed by atoms with van der Waals surface area (Å²) in [6.07, 6.45) is 3.11. The Morgan fingerprint density at radius 2 is 2.30 bits per heavy atom. The number of hydrogen-bond acceptors (Lipinski definition) is 4. The van der Waals surface area contributed by atoms with Gasteiger partial charge in [0.15, 0.2) is 0 Å². The van der Waals surface area contributed by atoms with Crippen LogP contribution in [0.15, 0.2) is 24.3 Å². The lowest BCUT2D eigenvalue weighted by Crippen LogP contribution is -2.19. The number of aliphatic carboxylic acids is 1. The maximum atomic E-state index is 10.5. The molecule has 0 saturated heterocycles. The lowest BCUT2D eigenvalue weighted by Gasteiger charge is -2.17. The van der Waals surface area contributed by atoms with Gasteiger partial charge in [0.1, 0.15) is 5.75 Å². The molecule has 0 aliphatic heterocycles. The minimum absolute atomic E-state index is 0.470. The van der Waals surface area contributed by atoms with Crippen molar-refractivity contribution >= 4 is 12.0 Å². The van der Waals surface area contributed by atoms with Gasteiger partial charge in [-0.15, -0.1) is 0 Å². The Morgan fingerprint density at radius 1 is 1.55 bits per heavy atom. The number of carboxylic acid groups (broad SMARTS) is 1. The third-order valence-corrected chi connectivity index (χ3v) is 2.77. The van der Waals surface area contributed by atoms with Crippen molar-refractivity contribution in [3.63, 3.8) is 0 Å². The van der Waals surface area contributed by atoms with Gasteiger partial charge in [0.05, 0.1) is 13.2 Å². The number of benzene rings is 1. The first kappa shape index (κ1) is 15.7. The number of methoxy groups -OCH3 is 1. The van der Waals surface area contributed by atoms with Gasteiger partial charge in [-0.25, -0.2) is 4.79 Å². The Morgan fingerprint density at radius 3 is 2.90 bits per heavy atom. The van der Waals surface area contributed by atoms with E-state index >= 15 is 0 Å².